The molecule has 226 valence electrons. The third-order valence-electron chi connectivity index (χ3n) is 7.57. The predicted molar refractivity (Wildman–Crippen MR) is 153 cm³/mol. The first-order valence-corrected chi connectivity index (χ1v) is 13.8. The first kappa shape index (κ1) is 29.0. The quantitative estimate of drug-likeness (QED) is 0.159. The van der Waals surface area contributed by atoms with E-state index < -0.39 is 29.1 Å². The molecule has 5 aromatic rings. The normalized spacial score (nSPS) is 16.8. The van der Waals surface area contributed by atoms with E-state index in [1.54, 1.807) is 25.1 Å². The number of unbranched alkanes of at least 4 members (excludes halogenated alkanes) is 1. The number of aromatic nitrogens is 4. The molecule has 3 aromatic carbocycles. The van der Waals surface area contributed by atoms with Crippen molar-refractivity contribution in [2.24, 2.45) is 5.16 Å². The van der Waals surface area contributed by atoms with Crippen molar-refractivity contribution < 1.29 is 32.3 Å². The molecule has 0 fully saturated rings. The lowest BCUT2D eigenvalue weighted by Crippen LogP contribution is -2.25. The SMILES string of the molecule is C[C@@]1(c2nc3cc(C(F)(F)F)ccc3[nH]2)CC(c2ccc3c(=O)n(-c4ccc(F)cc4)c(CCCCC(=O)O)nc3c2)=NO1. The number of H-pyrrole nitrogens is 1. The van der Waals surface area contributed by atoms with Gasteiger partial charge < -0.3 is 14.9 Å². The Labute approximate surface area is 246 Å². The monoisotopic (exact) mass is 607 g/mol. The lowest BCUT2D eigenvalue weighted by atomic mass is 9.95. The molecule has 13 heteroatoms. The third-order valence-corrected chi connectivity index (χ3v) is 7.57. The van der Waals surface area contributed by atoms with Crippen LogP contribution in [0.3, 0.4) is 0 Å². The summed E-state index contributed by atoms with van der Waals surface area (Å²) in [4.78, 5) is 42.6. The second-order valence-corrected chi connectivity index (χ2v) is 10.8. The van der Waals surface area contributed by atoms with Gasteiger partial charge in [0.1, 0.15) is 11.6 Å². The minimum atomic E-state index is -4.50. The summed E-state index contributed by atoms with van der Waals surface area (Å²) in [5, 5.41) is 13.6. The van der Waals surface area contributed by atoms with Gasteiger partial charge in [-0.2, -0.15) is 13.2 Å². The number of fused-ring (bicyclic) bond motifs is 2. The number of nitrogens with one attached hydrogen (secondary N) is 1. The first-order valence-electron chi connectivity index (χ1n) is 13.8. The Morgan fingerprint density at radius 1 is 1.05 bits per heavy atom. The molecule has 3 heterocycles. The number of oxime groups is 1. The number of rotatable bonds is 8. The minimum Gasteiger partial charge on any atom is -0.481 e. The Morgan fingerprint density at radius 2 is 1.82 bits per heavy atom. The van der Waals surface area contributed by atoms with E-state index >= 15 is 0 Å². The molecule has 6 rings (SSSR count). The van der Waals surface area contributed by atoms with Gasteiger partial charge in [-0.3, -0.25) is 14.2 Å². The van der Waals surface area contributed by atoms with Crippen LogP contribution in [-0.2, 0) is 27.8 Å². The van der Waals surface area contributed by atoms with E-state index in [4.69, 9.17) is 14.9 Å². The van der Waals surface area contributed by atoms with Crippen molar-refractivity contribution in [1.82, 2.24) is 19.5 Å². The minimum absolute atomic E-state index is 0.0220. The van der Waals surface area contributed by atoms with Crippen molar-refractivity contribution in [3.05, 3.63) is 99.6 Å². The maximum absolute atomic E-state index is 13.7. The largest absolute Gasteiger partial charge is 0.481 e. The van der Waals surface area contributed by atoms with E-state index in [0.29, 0.717) is 64.3 Å². The smallest absolute Gasteiger partial charge is 0.416 e. The number of aliphatic carboxylic acids is 1. The van der Waals surface area contributed by atoms with E-state index in [1.807, 2.05) is 0 Å². The van der Waals surface area contributed by atoms with Crippen molar-refractivity contribution in [3.8, 4) is 5.69 Å². The number of halogens is 4. The van der Waals surface area contributed by atoms with Gasteiger partial charge in [0.05, 0.1) is 38.9 Å². The average molecular weight is 608 g/mol. The second-order valence-electron chi connectivity index (χ2n) is 10.8. The van der Waals surface area contributed by atoms with Gasteiger partial charge >= 0.3 is 12.1 Å². The highest BCUT2D eigenvalue weighted by atomic mass is 19.4. The molecule has 0 aliphatic carbocycles. The number of carbonyl (C=O) groups is 1. The maximum Gasteiger partial charge on any atom is 0.416 e. The molecule has 1 aliphatic rings. The molecule has 0 spiro atoms. The van der Waals surface area contributed by atoms with Crippen molar-refractivity contribution in [2.75, 3.05) is 0 Å². The summed E-state index contributed by atoms with van der Waals surface area (Å²) in [7, 11) is 0. The van der Waals surface area contributed by atoms with Crippen LogP contribution in [0.1, 0.15) is 55.4 Å². The molecule has 0 saturated heterocycles. The molecule has 2 N–H and O–H groups in total. The number of imidazole rings is 1. The van der Waals surface area contributed by atoms with Gasteiger partial charge in [-0.1, -0.05) is 11.2 Å². The van der Waals surface area contributed by atoms with E-state index in [0.717, 1.165) is 12.1 Å². The van der Waals surface area contributed by atoms with Crippen LogP contribution in [0.15, 0.2) is 70.6 Å². The summed E-state index contributed by atoms with van der Waals surface area (Å²) in [5.74, 6) is -0.664. The van der Waals surface area contributed by atoms with Gasteiger partial charge in [0.25, 0.3) is 5.56 Å². The molecule has 1 aliphatic heterocycles. The molecule has 0 amide bonds. The van der Waals surface area contributed by atoms with Crippen molar-refractivity contribution in [3.63, 3.8) is 0 Å². The maximum atomic E-state index is 13.7. The molecular weight excluding hydrogens is 582 g/mol. The van der Waals surface area contributed by atoms with E-state index in [2.05, 4.69) is 15.1 Å². The highest BCUT2D eigenvalue weighted by molar-refractivity contribution is 6.04. The fourth-order valence-electron chi connectivity index (χ4n) is 5.25. The number of nitrogens with zero attached hydrogens (tertiary/aromatic N) is 4. The third kappa shape index (κ3) is 5.52. The van der Waals surface area contributed by atoms with Crippen LogP contribution in [0.4, 0.5) is 17.6 Å². The zero-order valence-corrected chi connectivity index (χ0v) is 23.3. The van der Waals surface area contributed by atoms with Gasteiger partial charge in [0.15, 0.2) is 11.4 Å². The molecular formula is C31H25F4N5O4. The zero-order valence-electron chi connectivity index (χ0n) is 23.3. The number of benzene rings is 3. The highest BCUT2D eigenvalue weighted by Crippen LogP contribution is 2.37. The number of alkyl halides is 3. The molecule has 0 bridgehead atoms. The number of aromatic amines is 1. The summed E-state index contributed by atoms with van der Waals surface area (Å²) in [6.07, 6.45) is -3.12. The van der Waals surface area contributed by atoms with Crippen molar-refractivity contribution in [2.45, 2.75) is 50.8 Å². The number of aryl methyl sites for hydroxylation is 1. The van der Waals surface area contributed by atoms with Crippen LogP contribution < -0.4 is 5.56 Å². The summed E-state index contributed by atoms with van der Waals surface area (Å²) in [5.41, 5.74) is 0.289. The summed E-state index contributed by atoms with van der Waals surface area (Å²) >= 11 is 0. The molecule has 1 atom stereocenters. The fraction of sp³-hybridized carbons (Fsp3) is 0.258. The Kier molecular flexibility index (Phi) is 7.18. The Hall–Kier alpha value is -5.07. The Morgan fingerprint density at radius 3 is 2.55 bits per heavy atom. The van der Waals surface area contributed by atoms with Crippen LogP contribution in [0.5, 0.6) is 0 Å². The lowest BCUT2D eigenvalue weighted by Gasteiger charge is -2.18. The fourth-order valence-corrected chi connectivity index (χ4v) is 5.25. The Bertz CT molecular complexity index is 2000. The lowest BCUT2D eigenvalue weighted by molar-refractivity contribution is -0.138. The van der Waals surface area contributed by atoms with E-state index in [-0.39, 0.29) is 23.9 Å². The van der Waals surface area contributed by atoms with Crippen molar-refractivity contribution >= 4 is 33.6 Å². The van der Waals surface area contributed by atoms with Crippen LogP contribution >= 0.6 is 0 Å². The first-order chi connectivity index (χ1) is 20.9. The molecule has 44 heavy (non-hydrogen) atoms. The molecule has 0 radical (unpaired) electrons. The van der Waals surface area contributed by atoms with Crippen LogP contribution in [-0.4, -0.2) is 36.3 Å². The average Bonchev–Trinajstić information content (AvgIpc) is 3.60. The van der Waals surface area contributed by atoms with E-state index in [9.17, 15) is 27.2 Å². The molecule has 0 saturated carbocycles. The van der Waals surface area contributed by atoms with Gasteiger partial charge in [0.2, 0.25) is 0 Å². The topological polar surface area (TPSA) is 122 Å². The van der Waals surface area contributed by atoms with E-state index in [1.165, 1.54) is 34.9 Å². The predicted octanol–water partition coefficient (Wildman–Crippen LogP) is 6.26. The summed E-state index contributed by atoms with van der Waals surface area (Å²) in [6, 6.07) is 13.8. The van der Waals surface area contributed by atoms with Gasteiger partial charge in [0, 0.05) is 24.8 Å². The number of hydrogen-bond donors (Lipinski definition) is 2. The summed E-state index contributed by atoms with van der Waals surface area (Å²) < 4.78 is 54.6. The van der Waals surface area contributed by atoms with Crippen molar-refractivity contribution in [1.29, 1.82) is 0 Å². The molecule has 9 nitrogen and oxygen atoms in total. The molecule has 0 unspecified atom stereocenters. The van der Waals surface area contributed by atoms with Crippen LogP contribution in [0.2, 0.25) is 0 Å². The highest BCUT2D eigenvalue weighted by Gasteiger charge is 2.40. The second kappa shape index (κ2) is 10.9. The Balaban J connectivity index is 1.32. The van der Waals surface area contributed by atoms with Crippen LogP contribution in [0, 0.1) is 5.82 Å². The van der Waals surface area contributed by atoms with Gasteiger partial charge in [-0.15, -0.1) is 0 Å². The van der Waals surface area contributed by atoms with Gasteiger partial charge in [-0.25, -0.2) is 14.4 Å². The number of carboxylic acids is 1. The number of hydrogen-bond acceptors (Lipinski definition) is 6. The zero-order chi connectivity index (χ0) is 31.2. The summed E-state index contributed by atoms with van der Waals surface area (Å²) in [6.45, 7) is 1.72. The standard InChI is InChI=1S/C31H25F4N5O4/c1-30(29-37-22-13-7-18(31(33,34)35)15-24(22)38-29)16-25(39-44-30)17-6-12-21-23(14-17)36-26(4-2-3-5-27(41)42)40(28(21)43)20-10-8-19(32)9-11-20/h6-15H,2-5,16H2,1H3,(H,37,38)(H,41,42)/t30-/m0/s1. The molecule has 2 aromatic heterocycles. The van der Waals surface area contributed by atoms with Crippen LogP contribution in [0.25, 0.3) is 27.6 Å². The number of carboxylic acid groups (broad SMARTS) is 1. The van der Waals surface area contributed by atoms with Gasteiger partial charge in [-0.05, 0) is 74.4 Å².